The zero-order valence-corrected chi connectivity index (χ0v) is 18.1. The third-order valence-electron chi connectivity index (χ3n) is 6.40. The van der Waals surface area contributed by atoms with E-state index in [-0.39, 0.29) is 24.3 Å². The maximum absolute atomic E-state index is 11.3. The molecule has 2 aliphatic heterocycles. The van der Waals surface area contributed by atoms with Crippen molar-refractivity contribution in [3.63, 3.8) is 0 Å². The second-order valence-corrected chi connectivity index (χ2v) is 8.90. The Hall–Kier alpha value is -0.690. The fourth-order valence-corrected chi connectivity index (χ4v) is 4.45. The molecule has 0 aliphatic carbocycles. The van der Waals surface area contributed by atoms with Gasteiger partial charge >= 0.3 is 5.97 Å². The van der Waals surface area contributed by atoms with Crippen LogP contribution in [0.25, 0.3) is 0 Å². The second-order valence-electron chi connectivity index (χ2n) is 8.90. The first-order valence-electron chi connectivity index (χ1n) is 11.9. The van der Waals surface area contributed by atoms with E-state index in [1.165, 1.54) is 38.5 Å². The number of aliphatic hydroxyl groups is 3. The summed E-state index contributed by atoms with van der Waals surface area (Å²) in [6.07, 6.45) is 10.9. The van der Waals surface area contributed by atoms with Crippen LogP contribution in [0.3, 0.4) is 0 Å². The number of carbonyl (C=O) groups is 1. The molecule has 0 amide bonds. The molecule has 2 rings (SSSR count). The van der Waals surface area contributed by atoms with Gasteiger partial charge in [-0.1, -0.05) is 58.3 Å². The van der Waals surface area contributed by atoms with Crippen molar-refractivity contribution in [2.24, 2.45) is 0 Å². The topological polar surface area (TPSA) is 96.2 Å². The molecule has 0 bridgehead atoms. The summed E-state index contributed by atoms with van der Waals surface area (Å²) >= 11 is 0. The Balaban J connectivity index is 1.52. The van der Waals surface area contributed by atoms with Gasteiger partial charge in [0, 0.05) is 6.42 Å². The lowest BCUT2D eigenvalue weighted by Gasteiger charge is -2.23. The Morgan fingerprint density at radius 3 is 2.14 bits per heavy atom. The van der Waals surface area contributed by atoms with Crippen LogP contribution in [0.1, 0.15) is 103 Å². The van der Waals surface area contributed by atoms with Gasteiger partial charge in [0.2, 0.25) is 0 Å². The van der Waals surface area contributed by atoms with E-state index in [9.17, 15) is 20.1 Å². The van der Waals surface area contributed by atoms with Gasteiger partial charge in [0.05, 0.1) is 30.5 Å². The Bertz CT molecular complexity index is 457. The van der Waals surface area contributed by atoms with E-state index in [1.807, 2.05) is 0 Å². The van der Waals surface area contributed by atoms with Crippen molar-refractivity contribution >= 4 is 5.97 Å². The smallest absolute Gasteiger partial charge is 0.306 e. The average Bonchev–Trinajstić information content (AvgIpc) is 3.36. The first kappa shape index (κ1) is 24.6. The summed E-state index contributed by atoms with van der Waals surface area (Å²) in [5.41, 5.74) is 0. The molecule has 0 aromatic carbocycles. The van der Waals surface area contributed by atoms with Crippen molar-refractivity contribution in [2.75, 3.05) is 0 Å². The maximum atomic E-state index is 11.3. The van der Waals surface area contributed by atoms with E-state index in [0.717, 1.165) is 25.7 Å². The number of ether oxygens (including phenoxy) is 2. The zero-order chi connectivity index (χ0) is 21.1. The van der Waals surface area contributed by atoms with Gasteiger partial charge < -0.3 is 24.8 Å². The largest absolute Gasteiger partial charge is 0.460 e. The van der Waals surface area contributed by atoms with Gasteiger partial charge in [0.15, 0.2) is 0 Å². The fraction of sp³-hybridized carbons (Fsp3) is 0.957. The van der Waals surface area contributed by atoms with E-state index >= 15 is 0 Å². The summed E-state index contributed by atoms with van der Waals surface area (Å²) < 4.78 is 11.2. The molecule has 0 saturated carbocycles. The highest BCUT2D eigenvalue weighted by Crippen LogP contribution is 2.31. The van der Waals surface area contributed by atoms with Crippen LogP contribution >= 0.6 is 0 Å². The van der Waals surface area contributed by atoms with Crippen LogP contribution in [0.5, 0.6) is 0 Å². The predicted molar refractivity (Wildman–Crippen MR) is 111 cm³/mol. The molecule has 2 fully saturated rings. The highest BCUT2D eigenvalue weighted by Gasteiger charge is 2.39. The summed E-state index contributed by atoms with van der Waals surface area (Å²) in [7, 11) is 0. The molecule has 0 aromatic rings. The van der Waals surface area contributed by atoms with Gasteiger partial charge in [0.25, 0.3) is 0 Å². The molecule has 0 spiro atoms. The van der Waals surface area contributed by atoms with E-state index in [1.54, 1.807) is 0 Å². The Morgan fingerprint density at radius 2 is 1.48 bits per heavy atom. The molecular weight excluding hydrogens is 372 g/mol. The molecule has 6 heteroatoms. The van der Waals surface area contributed by atoms with E-state index in [2.05, 4.69) is 6.92 Å². The summed E-state index contributed by atoms with van der Waals surface area (Å²) in [6.45, 7) is 2.22. The molecule has 0 unspecified atom stereocenters. The third kappa shape index (κ3) is 8.91. The summed E-state index contributed by atoms with van der Waals surface area (Å²) in [6, 6.07) is 0. The number of rotatable bonds is 15. The van der Waals surface area contributed by atoms with Crippen molar-refractivity contribution in [2.45, 2.75) is 140 Å². The molecule has 0 aromatic heterocycles. The molecule has 2 saturated heterocycles. The third-order valence-corrected chi connectivity index (χ3v) is 6.40. The maximum Gasteiger partial charge on any atom is 0.306 e. The van der Waals surface area contributed by atoms with Gasteiger partial charge in [-0.3, -0.25) is 4.79 Å². The van der Waals surface area contributed by atoms with Crippen molar-refractivity contribution < 1.29 is 29.6 Å². The SMILES string of the molecule is CCCCCCCCCC[C@H](O)[C@H](O)CC[C@H](O)[C@@H]1CC[C@@H]([C@H]2CCC(=O)O2)O1. The van der Waals surface area contributed by atoms with Crippen molar-refractivity contribution in [3.05, 3.63) is 0 Å². The van der Waals surface area contributed by atoms with E-state index < -0.39 is 18.3 Å². The van der Waals surface area contributed by atoms with Gasteiger partial charge in [-0.15, -0.1) is 0 Å². The van der Waals surface area contributed by atoms with Crippen LogP contribution in [0.15, 0.2) is 0 Å². The second kappa shape index (κ2) is 13.6. The van der Waals surface area contributed by atoms with Gasteiger partial charge in [-0.05, 0) is 38.5 Å². The number of hydrogen-bond acceptors (Lipinski definition) is 6. The lowest BCUT2D eigenvalue weighted by Crippen LogP contribution is -2.33. The minimum Gasteiger partial charge on any atom is -0.460 e. The lowest BCUT2D eigenvalue weighted by molar-refractivity contribution is -0.148. The summed E-state index contributed by atoms with van der Waals surface area (Å²) in [5.74, 6) is -0.170. The van der Waals surface area contributed by atoms with E-state index in [0.29, 0.717) is 32.1 Å². The molecule has 6 atom stereocenters. The van der Waals surface area contributed by atoms with Gasteiger partial charge in [-0.2, -0.15) is 0 Å². The Kier molecular flexibility index (Phi) is 11.5. The number of hydrogen-bond donors (Lipinski definition) is 3. The lowest BCUT2D eigenvalue weighted by atomic mass is 9.97. The Morgan fingerprint density at radius 1 is 0.828 bits per heavy atom. The normalized spacial score (nSPS) is 27.7. The summed E-state index contributed by atoms with van der Waals surface area (Å²) in [5, 5.41) is 30.8. The standard InChI is InChI=1S/C23H42O6/c1-2-3-4-5-6-7-8-9-10-17(24)18(25)11-12-19(26)20-13-14-21(28-20)22-15-16-23(27)29-22/h17-22,24-26H,2-16H2,1H3/t17-,18+,19-,20-,21-,22+/m0/s1. The van der Waals surface area contributed by atoms with Crippen molar-refractivity contribution in [1.29, 1.82) is 0 Å². The number of unbranched alkanes of at least 4 members (excludes halogenated alkanes) is 7. The average molecular weight is 415 g/mol. The van der Waals surface area contributed by atoms with Crippen molar-refractivity contribution in [3.8, 4) is 0 Å². The molecule has 0 radical (unpaired) electrons. The first-order valence-corrected chi connectivity index (χ1v) is 11.9. The molecule has 6 nitrogen and oxygen atoms in total. The molecule has 29 heavy (non-hydrogen) atoms. The van der Waals surface area contributed by atoms with Crippen molar-refractivity contribution in [1.82, 2.24) is 0 Å². The van der Waals surface area contributed by atoms with Crippen LogP contribution in [0, 0.1) is 0 Å². The van der Waals surface area contributed by atoms with Gasteiger partial charge in [-0.25, -0.2) is 0 Å². The fourth-order valence-electron chi connectivity index (χ4n) is 4.45. The van der Waals surface area contributed by atoms with Crippen LogP contribution in [-0.2, 0) is 14.3 Å². The number of aliphatic hydroxyl groups excluding tert-OH is 3. The first-order chi connectivity index (χ1) is 14.0. The van der Waals surface area contributed by atoms with Crippen LogP contribution in [-0.4, -0.2) is 57.9 Å². The zero-order valence-electron chi connectivity index (χ0n) is 18.1. The van der Waals surface area contributed by atoms with Crippen LogP contribution in [0.2, 0.25) is 0 Å². The highest BCUT2D eigenvalue weighted by atomic mass is 16.6. The molecule has 2 aliphatic rings. The molecular formula is C23H42O6. The number of esters is 1. The number of cyclic esters (lactones) is 1. The molecule has 3 N–H and O–H groups in total. The van der Waals surface area contributed by atoms with E-state index in [4.69, 9.17) is 9.47 Å². The highest BCUT2D eigenvalue weighted by molar-refractivity contribution is 5.71. The predicted octanol–water partition coefficient (Wildman–Crippen LogP) is 3.63. The van der Waals surface area contributed by atoms with Crippen LogP contribution in [0.4, 0.5) is 0 Å². The quantitative estimate of drug-likeness (QED) is 0.280. The minimum absolute atomic E-state index is 0.126. The molecule has 2 heterocycles. The Labute approximate surface area is 176 Å². The number of carbonyl (C=O) groups excluding carboxylic acids is 1. The minimum atomic E-state index is -0.804. The van der Waals surface area contributed by atoms with Crippen LogP contribution < -0.4 is 0 Å². The monoisotopic (exact) mass is 414 g/mol. The van der Waals surface area contributed by atoms with Gasteiger partial charge in [0.1, 0.15) is 6.10 Å². The molecule has 170 valence electrons. The summed E-state index contributed by atoms with van der Waals surface area (Å²) in [4.78, 5) is 11.3.